The molecule has 1 N–H and O–H groups in total. The van der Waals surface area contributed by atoms with Gasteiger partial charge in [0.15, 0.2) is 5.60 Å². The Kier molecular flexibility index (Phi) is 6.46. The Balaban J connectivity index is 1.55. The average molecular weight is 375 g/mol. The highest BCUT2D eigenvalue weighted by atomic mass is 16.5. The number of likely N-dealkylation sites (tertiary alicyclic amines) is 1. The number of rotatable bonds is 7. The van der Waals surface area contributed by atoms with Crippen LogP contribution in [0.2, 0.25) is 0 Å². The summed E-state index contributed by atoms with van der Waals surface area (Å²) in [5, 5.41) is 11.0. The first-order chi connectivity index (χ1) is 13.0. The maximum atomic E-state index is 12.7. The molecule has 1 unspecified atom stereocenters. The lowest BCUT2D eigenvalue weighted by Gasteiger charge is -2.42. The molecule has 1 aromatic carbocycles. The van der Waals surface area contributed by atoms with Gasteiger partial charge in [0.05, 0.1) is 13.2 Å². The summed E-state index contributed by atoms with van der Waals surface area (Å²) >= 11 is 0. The normalized spacial score (nSPS) is 24.5. The summed E-state index contributed by atoms with van der Waals surface area (Å²) in [5.74, 6) is -0.210. The number of amides is 2. The zero-order valence-corrected chi connectivity index (χ0v) is 16.0. The molecule has 3 rings (SSSR count). The van der Waals surface area contributed by atoms with Gasteiger partial charge in [-0.1, -0.05) is 30.3 Å². The molecule has 148 valence electrons. The van der Waals surface area contributed by atoms with E-state index in [0.29, 0.717) is 45.8 Å². The van der Waals surface area contributed by atoms with Crippen molar-refractivity contribution in [3.05, 3.63) is 35.9 Å². The Hall–Kier alpha value is -1.96. The molecule has 7 heteroatoms. The van der Waals surface area contributed by atoms with Crippen molar-refractivity contribution >= 4 is 11.8 Å². The minimum atomic E-state index is -1.41. The van der Waals surface area contributed by atoms with Gasteiger partial charge in [0, 0.05) is 46.4 Å². The van der Waals surface area contributed by atoms with Gasteiger partial charge in [-0.2, -0.15) is 0 Å². The number of hydrogen-bond acceptors (Lipinski definition) is 5. The van der Waals surface area contributed by atoms with Crippen LogP contribution in [0, 0.1) is 0 Å². The van der Waals surface area contributed by atoms with Crippen LogP contribution in [0.1, 0.15) is 18.4 Å². The van der Waals surface area contributed by atoms with E-state index in [-0.39, 0.29) is 24.9 Å². The zero-order chi connectivity index (χ0) is 19.3. The van der Waals surface area contributed by atoms with E-state index in [0.717, 1.165) is 12.0 Å². The molecule has 2 heterocycles. The SMILES string of the molecule is COCCN1CCCC(O)(CN2CCN(Cc3ccccc3)C(=O)C2)C1=O. The lowest BCUT2D eigenvalue weighted by Crippen LogP contribution is -2.61. The molecule has 7 nitrogen and oxygen atoms in total. The van der Waals surface area contributed by atoms with Crippen LogP contribution in [0.3, 0.4) is 0 Å². The summed E-state index contributed by atoms with van der Waals surface area (Å²) in [4.78, 5) is 30.7. The number of carbonyl (C=O) groups excluding carboxylic acids is 2. The van der Waals surface area contributed by atoms with Crippen LogP contribution in [-0.4, -0.2) is 90.2 Å². The summed E-state index contributed by atoms with van der Waals surface area (Å²) in [6.07, 6.45) is 1.20. The van der Waals surface area contributed by atoms with Crippen molar-refractivity contribution in [2.24, 2.45) is 0 Å². The third-order valence-corrected chi connectivity index (χ3v) is 5.37. The van der Waals surface area contributed by atoms with E-state index in [4.69, 9.17) is 4.74 Å². The minimum absolute atomic E-state index is 0.0354. The second-order valence-corrected chi connectivity index (χ2v) is 7.43. The van der Waals surface area contributed by atoms with Gasteiger partial charge in [-0.3, -0.25) is 14.5 Å². The molecule has 2 fully saturated rings. The van der Waals surface area contributed by atoms with Gasteiger partial charge in [-0.15, -0.1) is 0 Å². The Labute approximate surface area is 160 Å². The van der Waals surface area contributed by atoms with Crippen LogP contribution < -0.4 is 0 Å². The van der Waals surface area contributed by atoms with Gasteiger partial charge in [-0.05, 0) is 18.4 Å². The van der Waals surface area contributed by atoms with Gasteiger partial charge in [0.1, 0.15) is 0 Å². The van der Waals surface area contributed by atoms with Gasteiger partial charge in [-0.25, -0.2) is 0 Å². The minimum Gasteiger partial charge on any atom is -0.383 e. The first kappa shape index (κ1) is 19.8. The van der Waals surface area contributed by atoms with Gasteiger partial charge in [0.25, 0.3) is 5.91 Å². The lowest BCUT2D eigenvalue weighted by molar-refractivity contribution is -0.162. The molecule has 1 aromatic rings. The van der Waals surface area contributed by atoms with Crippen LogP contribution in [0.4, 0.5) is 0 Å². The van der Waals surface area contributed by atoms with E-state index in [2.05, 4.69) is 0 Å². The first-order valence-corrected chi connectivity index (χ1v) is 9.56. The zero-order valence-electron chi connectivity index (χ0n) is 16.0. The number of piperidine rings is 1. The second kappa shape index (κ2) is 8.82. The highest BCUT2D eigenvalue weighted by molar-refractivity contribution is 5.86. The van der Waals surface area contributed by atoms with E-state index in [1.165, 1.54) is 0 Å². The van der Waals surface area contributed by atoms with Crippen molar-refractivity contribution in [2.45, 2.75) is 25.0 Å². The van der Waals surface area contributed by atoms with Crippen molar-refractivity contribution < 1.29 is 19.4 Å². The number of carbonyl (C=O) groups is 2. The van der Waals surface area contributed by atoms with E-state index < -0.39 is 5.60 Å². The summed E-state index contributed by atoms with van der Waals surface area (Å²) in [7, 11) is 1.60. The molecule has 0 saturated carbocycles. The number of aliphatic hydroxyl groups is 1. The van der Waals surface area contributed by atoms with Crippen LogP contribution in [0.15, 0.2) is 30.3 Å². The molecule has 1 atom stereocenters. The smallest absolute Gasteiger partial charge is 0.255 e. The van der Waals surface area contributed by atoms with Crippen LogP contribution >= 0.6 is 0 Å². The number of β-amino-alcohol motifs (C(OH)–C–C–N with tert-alkyl or cyclic N) is 1. The molecule has 0 radical (unpaired) electrons. The van der Waals surface area contributed by atoms with Gasteiger partial charge in [0.2, 0.25) is 5.91 Å². The standard InChI is InChI=1S/C20H29N3O4/c1-27-13-12-22-9-5-8-20(26,19(22)25)16-21-10-11-23(18(24)15-21)14-17-6-3-2-4-7-17/h2-4,6-7,26H,5,8-16H2,1H3. The topological polar surface area (TPSA) is 73.3 Å². The summed E-state index contributed by atoms with van der Waals surface area (Å²) in [5.41, 5.74) is -0.303. The van der Waals surface area contributed by atoms with E-state index in [1.54, 1.807) is 12.0 Å². The number of benzene rings is 1. The Bertz CT molecular complexity index is 654. The fourth-order valence-corrected chi connectivity index (χ4v) is 3.86. The predicted molar refractivity (Wildman–Crippen MR) is 101 cm³/mol. The molecule has 0 spiro atoms. The van der Waals surface area contributed by atoms with Crippen molar-refractivity contribution in [1.29, 1.82) is 0 Å². The van der Waals surface area contributed by atoms with Crippen molar-refractivity contribution in [3.63, 3.8) is 0 Å². The summed E-state index contributed by atoms with van der Waals surface area (Å²) in [6, 6.07) is 9.92. The predicted octanol–water partition coefficient (Wildman–Crippen LogP) is 0.331. The van der Waals surface area contributed by atoms with Crippen molar-refractivity contribution in [3.8, 4) is 0 Å². The second-order valence-electron chi connectivity index (χ2n) is 7.43. The Morgan fingerprint density at radius 2 is 1.89 bits per heavy atom. The Morgan fingerprint density at radius 1 is 1.11 bits per heavy atom. The largest absolute Gasteiger partial charge is 0.383 e. The van der Waals surface area contributed by atoms with Crippen LogP contribution in [0.25, 0.3) is 0 Å². The first-order valence-electron chi connectivity index (χ1n) is 9.56. The maximum Gasteiger partial charge on any atom is 0.255 e. The molecule has 0 bridgehead atoms. The number of nitrogens with zero attached hydrogens (tertiary/aromatic N) is 3. The third-order valence-electron chi connectivity index (χ3n) is 5.37. The van der Waals surface area contributed by atoms with Crippen LogP contribution in [-0.2, 0) is 20.9 Å². The Morgan fingerprint density at radius 3 is 2.59 bits per heavy atom. The number of hydrogen-bond donors (Lipinski definition) is 1. The molecule has 2 amide bonds. The van der Waals surface area contributed by atoms with E-state index in [1.807, 2.05) is 40.1 Å². The van der Waals surface area contributed by atoms with Gasteiger partial charge >= 0.3 is 0 Å². The fourth-order valence-electron chi connectivity index (χ4n) is 3.86. The van der Waals surface area contributed by atoms with Crippen molar-refractivity contribution in [1.82, 2.24) is 14.7 Å². The molecular weight excluding hydrogens is 346 g/mol. The highest BCUT2D eigenvalue weighted by Gasteiger charge is 2.44. The number of ether oxygens (including phenoxy) is 1. The summed E-state index contributed by atoms with van der Waals surface area (Å²) in [6.45, 7) is 3.90. The molecule has 0 aromatic heterocycles. The highest BCUT2D eigenvalue weighted by Crippen LogP contribution is 2.24. The molecule has 27 heavy (non-hydrogen) atoms. The number of piperazine rings is 1. The van der Waals surface area contributed by atoms with E-state index in [9.17, 15) is 14.7 Å². The number of methoxy groups -OCH3 is 1. The van der Waals surface area contributed by atoms with Gasteiger partial charge < -0.3 is 19.6 Å². The fraction of sp³-hybridized carbons (Fsp3) is 0.600. The molecule has 2 saturated heterocycles. The summed E-state index contributed by atoms with van der Waals surface area (Å²) < 4.78 is 5.05. The van der Waals surface area contributed by atoms with Crippen LogP contribution in [0.5, 0.6) is 0 Å². The van der Waals surface area contributed by atoms with E-state index >= 15 is 0 Å². The quantitative estimate of drug-likeness (QED) is 0.744. The lowest BCUT2D eigenvalue weighted by atomic mass is 9.91. The van der Waals surface area contributed by atoms with Crippen molar-refractivity contribution in [2.75, 3.05) is 53.0 Å². The maximum absolute atomic E-state index is 12.7. The monoisotopic (exact) mass is 375 g/mol. The molecular formula is C20H29N3O4. The molecule has 0 aliphatic carbocycles. The average Bonchev–Trinajstić information content (AvgIpc) is 2.66. The third kappa shape index (κ3) is 4.86. The molecule has 2 aliphatic heterocycles. The molecule has 2 aliphatic rings.